The molecule has 6 nitrogen and oxygen atoms in total. The van der Waals surface area contributed by atoms with Crippen LogP contribution in [-0.4, -0.2) is 21.7 Å². The summed E-state index contributed by atoms with van der Waals surface area (Å²) >= 11 is 0. The van der Waals surface area contributed by atoms with Crippen molar-refractivity contribution in [2.75, 3.05) is 0 Å². The third-order valence-corrected chi connectivity index (χ3v) is 3.71. The van der Waals surface area contributed by atoms with Crippen LogP contribution in [0.25, 0.3) is 11.1 Å². The third kappa shape index (κ3) is 4.13. The molecule has 2 atom stereocenters. The number of oxazole rings is 1. The van der Waals surface area contributed by atoms with E-state index in [9.17, 15) is 9.90 Å². The Hall–Kier alpha value is -1.92. The smallest absolute Gasteiger partial charge is 0.314 e. The molecule has 0 aliphatic carbocycles. The van der Waals surface area contributed by atoms with E-state index in [4.69, 9.17) is 14.9 Å². The quantitative estimate of drug-likeness (QED) is 0.622. The largest absolute Gasteiger partial charge is 0.460 e. The van der Waals surface area contributed by atoms with Crippen LogP contribution in [-0.2, 0) is 15.3 Å². The lowest BCUT2D eigenvalue weighted by molar-refractivity contribution is -0.173. The molecule has 0 saturated carbocycles. The Bertz CT molecular complexity index is 667. The second kappa shape index (κ2) is 6.91. The van der Waals surface area contributed by atoms with Crippen LogP contribution in [0.3, 0.4) is 0 Å². The van der Waals surface area contributed by atoms with Gasteiger partial charge in [0.2, 0.25) is 11.6 Å². The predicted octanol–water partition coefficient (Wildman–Crippen LogP) is 3.08. The number of para-hydroxylation sites is 2. The Morgan fingerprint density at radius 1 is 1.38 bits per heavy atom. The summed E-state index contributed by atoms with van der Waals surface area (Å²) in [6, 6.07) is 7.10. The summed E-state index contributed by atoms with van der Waals surface area (Å²) in [6.07, 6.45) is 1.98. The minimum atomic E-state index is -2.03. The summed E-state index contributed by atoms with van der Waals surface area (Å²) in [6.45, 7) is 7.32. The number of aromatic nitrogens is 1. The zero-order valence-corrected chi connectivity index (χ0v) is 14.7. The fourth-order valence-corrected chi connectivity index (χ4v) is 2.49. The van der Waals surface area contributed by atoms with Gasteiger partial charge in [-0.3, -0.25) is 10.5 Å². The van der Waals surface area contributed by atoms with Crippen LogP contribution in [0.2, 0.25) is 0 Å². The van der Waals surface area contributed by atoms with E-state index in [1.165, 1.54) is 0 Å². The SMILES string of the molecule is CCCCC(C(=O)OC(C)(C)C)[C@](N)(O)c1nc2ccccc2o1. The van der Waals surface area contributed by atoms with Gasteiger partial charge in [-0.05, 0) is 39.3 Å². The Morgan fingerprint density at radius 2 is 2.04 bits per heavy atom. The number of hydrogen-bond acceptors (Lipinski definition) is 6. The lowest BCUT2D eigenvalue weighted by Crippen LogP contribution is -2.49. The highest BCUT2D eigenvalue weighted by molar-refractivity contribution is 5.75. The normalized spacial score (nSPS) is 15.9. The molecule has 0 fully saturated rings. The maximum atomic E-state index is 12.6. The van der Waals surface area contributed by atoms with Gasteiger partial charge in [-0.1, -0.05) is 31.9 Å². The van der Waals surface area contributed by atoms with Gasteiger partial charge in [0.1, 0.15) is 17.0 Å². The molecule has 0 saturated heterocycles. The van der Waals surface area contributed by atoms with Gasteiger partial charge in [-0.15, -0.1) is 0 Å². The Balaban J connectivity index is 2.36. The van der Waals surface area contributed by atoms with Crippen LogP contribution in [0.1, 0.15) is 52.8 Å². The Labute approximate surface area is 142 Å². The van der Waals surface area contributed by atoms with Gasteiger partial charge >= 0.3 is 5.97 Å². The van der Waals surface area contributed by atoms with E-state index in [-0.39, 0.29) is 5.89 Å². The lowest BCUT2D eigenvalue weighted by atomic mass is 9.90. The first kappa shape index (κ1) is 18.4. The van der Waals surface area contributed by atoms with E-state index >= 15 is 0 Å². The van der Waals surface area contributed by atoms with Gasteiger partial charge in [0.05, 0.1) is 0 Å². The van der Waals surface area contributed by atoms with E-state index < -0.39 is 23.2 Å². The van der Waals surface area contributed by atoms with Crippen LogP contribution >= 0.6 is 0 Å². The summed E-state index contributed by atoms with van der Waals surface area (Å²) < 4.78 is 11.0. The highest BCUT2D eigenvalue weighted by Gasteiger charge is 2.45. The number of ether oxygens (including phenoxy) is 1. The number of benzene rings is 1. The summed E-state index contributed by atoms with van der Waals surface area (Å²) in [5, 5.41) is 10.9. The van der Waals surface area contributed by atoms with Crippen molar-refractivity contribution in [3.05, 3.63) is 30.2 Å². The fraction of sp³-hybridized carbons (Fsp3) is 0.556. The Kier molecular flexibility index (Phi) is 5.30. The second-order valence-electron chi connectivity index (χ2n) is 7.04. The first-order chi connectivity index (χ1) is 11.1. The molecular formula is C18H26N2O4. The summed E-state index contributed by atoms with van der Waals surface area (Å²) in [4.78, 5) is 16.8. The highest BCUT2D eigenvalue weighted by atomic mass is 16.6. The number of fused-ring (bicyclic) bond motifs is 1. The average Bonchev–Trinajstić information content (AvgIpc) is 2.90. The molecule has 2 aromatic rings. The molecule has 0 spiro atoms. The predicted molar refractivity (Wildman–Crippen MR) is 91.0 cm³/mol. The molecule has 1 heterocycles. The van der Waals surface area contributed by atoms with E-state index in [1.807, 2.05) is 13.0 Å². The Morgan fingerprint density at radius 3 is 2.62 bits per heavy atom. The van der Waals surface area contributed by atoms with E-state index in [0.29, 0.717) is 17.5 Å². The first-order valence-electron chi connectivity index (χ1n) is 8.25. The molecule has 1 unspecified atom stereocenters. The minimum absolute atomic E-state index is 0.0735. The van der Waals surface area contributed by atoms with E-state index in [1.54, 1.807) is 39.0 Å². The van der Waals surface area contributed by atoms with Crippen LogP contribution in [0.15, 0.2) is 28.7 Å². The molecule has 1 aromatic heterocycles. The van der Waals surface area contributed by atoms with Crippen molar-refractivity contribution in [1.82, 2.24) is 4.98 Å². The topological polar surface area (TPSA) is 98.6 Å². The zero-order valence-electron chi connectivity index (χ0n) is 14.7. The molecule has 0 aliphatic rings. The van der Waals surface area contributed by atoms with Crippen molar-refractivity contribution in [1.29, 1.82) is 0 Å². The molecule has 3 N–H and O–H groups in total. The molecule has 2 rings (SSSR count). The number of carbonyl (C=O) groups excluding carboxylic acids is 1. The molecule has 24 heavy (non-hydrogen) atoms. The average molecular weight is 334 g/mol. The summed E-state index contributed by atoms with van der Waals surface area (Å²) in [7, 11) is 0. The number of hydrogen-bond donors (Lipinski definition) is 2. The number of nitrogens with zero attached hydrogens (tertiary/aromatic N) is 1. The van der Waals surface area contributed by atoms with Gasteiger partial charge in [0.15, 0.2) is 5.58 Å². The molecule has 132 valence electrons. The molecule has 0 aliphatic heterocycles. The lowest BCUT2D eigenvalue weighted by Gasteiger charge is -2.31. The highest BCUT2D eigenvalue weighted by Crippen LogP contribution is 2.32. The maximum absolute atomic E-state index is 12.6. The minimum Gasteiger partial charge on any atom is -0.460 e. The van der Waals surface area contributed by atoms with E-state index in [0.717, 1.165) is 12.8 Å². The molecule has 0 amide bonds. The van der Waals surface area contributed by atoms with Gasteiger partial charge < -0.3 is 14.3 Å². The van der Waals surface area contributed by atoms with E-state index in [2.05, 4.69) is 4.98 Å². The van der Waals surface area contributed by atoms with Crippen molar-refractivity contribution in [3.63, 3.8) is 0 Å². The standard InChI is InChI=1S/C18H26N2O4/c1-5-6-9-12(15(21)24-17(2,3)4)18(19,22)16-20-13-10-7-8-11-14(13)23-16/h7-8,10-12,22H,5-6,9,19H2,1-4H3/t12?,18-/m0/s1. The molecule has 6 heteroatoms. The van der Waals surface area contributed by atoms with Crippen molar-refractivity contribution in [2.24, 2.45) is 11.7 Å². The summed E-state index contributed by atoms with van der Waals surface area (Å²) in [5.74, 6) is -1.58. The number of rotatable bonds is 6. The molecule has 0 radical (unpaired) electrons. The number of unbranched alkanes of at least 4 members (excludes halogenated alkanes) is 1. The number of carbonyl (C=O) groups is 1. The number of nitrogens with two attached hydrogens (primary N) is 1. The first-order valence-corrected chi connectivity index (χ1v) is 8.25. The van der Waals surface area contributed by atoms with Crippen LogP contribution in [0, 0.1) is 5.92 Å². The fourth-order valence-electron chi connectivity index (χ4n) is 2.49. The van der Waals surface area contributed by atoms with Gasteiger partial charge in [0, 0.05) is 0 Å². The summed E-state index contributed by atoms with van der Waals surface area (Å²) in [5.41, 5.74) is 4.49. The monoisotopic (exact) mass is 334 g/mol. The zero-order chi connectivity index (χ0) is 18.0. The van der Waals surface area contributed by atoms with Gasteiger partial charge in [-0.2, -0.15) is 0 Å². The van der Waals surface area contributed by atoms with Crippen LogP contribution in [0.4, 0.5) is 0 Å². The third-order valence-electron chi connectivity index (χ3n) is 3.71. The maximum Gasteiger partial charge on any atom is 0.314 e. The van der Waals surface area contributed by atoms with Crippen LogP contribution in [0.5, 0.6) is 0 Å². The van der Waals surface area contributed by atoms with Crippen molar-refractivity contribution < 1.29 is 19.1 Å². The van der Waals surface area contributed by atoms with Crippen molar-refractivity contribution >= 4 is 17.1 Å². The number of esters is 1. The van der Waals surface area contributed by atoms with Gasteiger partial charge in [0.25, 0.3) is 0 Å². The molecule has 0 bridgehead atoms. The molecular weight excluding hydrogens is 308 g/mol. The van der Waals surface area contributed by atoms with Crippen LogP contribution < -0.4 is 5.73 Å². The number of aliphatic hydroxyl groups is 1. The molecule has 1 aromatic carbocycles. The van der Waals surface area contributed by atoms with Gasteiger partial charge in [-0.25, -0.2) is 4.98 Å². The van der Waals surface area contributed by atoms with Crippen molar-refractivity contribution in [3.8, 4) is 0 Å². The second-order valence-corrected chi connectivity index (χ2v) is 7.04. The van der Waals surface area contributed by atoms with Crippen molar-refractivity contribution in [2.45, 2.75) is 58.3 Å².